The SMILES string of the molecule is COc1ccc2c(c1)OC(CC(C)C)CC2O. The molecule has 17 heavy (non-hydrogen) atoms. The first-order valence-electron chi connectivity index (χ1n) is 6.12. The van der Waals surface area contributed by atoms with E-state index in [-0.39, 0.29) is 6.10 Å². The molecule has 0 aliphatic carbocycles. The second-order valence-electron chi connectivity index (χ2n) is 5.02. The van der Waals surface area contributed by atoms with Gasteiger partial charge >= 0.3 is 0 Å². The number of rotatable bonds is 3. The second kappa shape index (κ2) is 4.96. The first-order valence-corrected chi connectivity index (χ1v) is 6.12. The first kappa shape index (κ1) is 12.2. The van der Waals surface area contributed by atoms with Crippen LogP contribution < -0.4 is 9.47 Å². The molecule has 0 saturated carbocycles. The summed E-state index contributed by atoms with van der Waals surface area (Å²) in [5.41, 5.74) is 0.866. The molecule has 1 aromatic rings. The topological polar surface area (TPSA) is 38.7 Å². The number of aliphatic hydroxyl groups is 1. The minimum Gasteiger partial charge on any atom is -0.497 e. The van der Waals surface area contributed by atoms with Crippen molar-refractivity contribution in [3.05, 3.63) is 23.8 Å². The third-order valence-corrected chi connectivity index (χ3v) is 3.09. The lowest BCUT2D eigenvalue weighted by molar-refractivity contribution is 0.0554. The standard InChI is InChI=1S/C14H20O3/c1-9(2)6-11-7-13(15)12-5-4-10(16-3)8-14(12)17-11/h4-5,8-9,11,13,15H,6-7H2,1-3H3. The number of hydrogen-bond acceptors (Lipinski definition) is 3. The Kier molecular flexibility index (Phi) is 3.57. The van der Waals surface area contributed by atoms with Crippen molar-refractivity contribution in [2.75, 3.05) is 7.11 Å². The average Bonchev–Trinajstić information content (AvgIpc) is 2.27. The van der Waals surface area contributed by atoms with Crippen LogP contribution >= 0.6 is 0 Å². The van der Waals surface area contributed by atoms with E-state index in [1.807, 2.05) is 18.2 Å². The molecule has 0 aromatic heterocycles. The van der Waals surface area contributed by atoms with E-state index < -0.39 is 6.10 Å². The van der Waals surface area contributed by atoms with Gasteiger partial charge in [-0.15, -0.1) is 0 Å². The highest BCUT2D eigenvalue weighted by Gasteiger charge is 2.27. The first-order chi connectivity index (χ1) is 8.10. The van der Waals surface area contributed by atoms with Gasteiger partial charge in [0.1, 0.15) is 17.6 Å². The zero-order valence-corrected chi connectivity index (χ0v) is 10.6. The van der Waals surface area contributed by atoms with Crippen LogP contribution in [0.1, 0.15) is 38.4 Å². The fourth-order valence-corrected chi connectivity index (χ4v) is 2.29. The Balaban J connectivity index is 2.21. The lowest BCUT2D eigenvalue weighted by Gasteiger charge is -2.30. The van der Waals surface area contributed by atoms with Gasteiger partial charge < -0.3 is 14.6 Å². The monoisotopic (exact) mass is 236 g/mol. The Morgan fingerprint density at radius 3 is 2.88 bits per heavy atom. The molecule has 0 fully saturated rings. The van der Waals surface area contributed by atoms with Crippen LogP contribution in [0.5, 0.6) is 11.5 Å². The van der Waals surface area contributed by atoms with Gasteiger partial charge in [-0.3, -0.25) is 0 Å². The molecule has 0 spiro atoms. The Labute approximate surface area is 102 Å². The van der Waals surface area contributed by atoms with Crippen LogP contribution in [0.4, 0.5) is 0 Å². The van der Waals surface area contributed by atoms with Crippen LogP contribution in [0.2, 0.25) is 0 Å². The van der Waals surface area contributed by atoms with Crippen molar-refractivity contribution in [1.29, 1.82) is 0 Å². The Morgan fingerprint density at radius 1 is 1.47 bits per heavy atom. The van der Waals surface area contributed by atoms with Crippen molar-refractivity contribution in [1.82, 2.24) is 0 Å². The average molecular weight is 236 g/mol. The van der Waals surface area contributed by atoms with Crippen LogP contribution in [-0.4, -0.2) is 18.3 Å². The number of fused-ring (bicyclic) bond motifs is 1. The van der Waals surface area contributed by atoms with Gasteiger partial charge in [0.15, 0.2) is 0 Å². The normalized spacial score (nSPS) is 23.1. The molecule has 2 unspecified atom stereocenters. The van der Waals surface area contributed by atoms with Crippen LogP contribution in [0.25, 0.3) is 0 Å². The summed E-state index contributed by atoms with van der Waals surface area (Å²) >= 11 is 0. The Bertz CT molecular complexity index is 387. The summed E-state index contributed by atoms with van der Waals surface area (Å²) in [6.45, 7) is 4.33. The summed E-state index contributed by atoms with van der Waals surface area (Å²) in [4.78, 5) is 0. The van der Waals surface area contributed by atoms with Gasteiger partial charge in [-0.2, -0.15) is 0 Å². The summed E-state index contributed by atoms with van der Waals surface area (Å²) in [5.74, 6) is 2.09. The zero-order valence-electron chi connectivity index (χ0n) is 10.6. The number of aliphatic hydroxyl groups excluding tert-OH is 1. The van der Waals surface area contributed by atoms with E-state index in [9.17, 15) is 5.11 Å². The van der Waals surface area contributed by atoms with E-state index in [0.717, 1.165) is 23.5 Å². The summed E-state index contributed by atoms with van der Waals surface area (Å²) in [5, 5.41) is 10.1. The van der Waals surface area contributed by atoms with Crippen LogP contribution in [0.3, 0.4) is 0 Å². The van der Waals surface area contributed by atoms with E-state index in [4.69, 9.17) is 9.47 Å². The van der Waals surface area contributed by atoms with E-state index in [2.05, 4.69) is 13.8 Å². The molecule has 0 saturated heterocycles. The molecule has 2 atom stereocenters. The maximum absolute atomic E-state index is 10.1. The van der Waals surface area contributed by atoms with Crippen molar-refractivity contribution >= 4 is 0 Å². The Morgan fingerprint density at radius 2 is 2.24 bits per heavy atom. The molecule has 3 heteroatoms. The lowest BCUT2D eigenvalue weighted by Crippen LogP contribution is -2.27. The van der Waals surface area contributed by atoms with E-state index in [1.54, 1.807) is 7.11 Å². The molecule has 0 bridgehead atoms. The van der Waals surface area contributed by atoms with Gasteiger partial charge in [-0.05, 0) is 24.5 Å². The minimum atomic E-state index is -0.423. The largest absolute Gasteiger partial charge is 0.497 e. The van der Waals surface area contributed by atoms with Gasteiger partial charge in [0.25, 0.3) is 0 Å². The van der Waals surface area contributed by atoms with Gasteiger partial charge in [0, 0.05) is 18.1 Å². The highest BCUT2D eigenvalue weighted by molar-refractivity contribution is 5.43. The lowest BCUT2D eigenvalue weighted by atomic mass is 9.94. The van der Waals surface area contributed by atoms with Crippen molar-refractivity contribution in [3.8, 4) is 11.5 Å². The summed E-state index contributed by atoms with van der Waals surface area (Å²) < 4.78 is 11.1. The van der Waals surface area contributed by atoms with Gasteiger partial charge in [-0.25, -0.2) is 0 Å². The molecule has 3 nitrogen and oxygen atoms in total. The molecular formula is C14H20O3. The van der Waals surface area contributed by atoms with Gasteiger partial charge in [-0.1, -0.05) is 13.8 Å². The van der Waals surface area contributed by atoms with Gasteiger partial charge in [0.2, 0.25) is 0 Å². The molecule has 1 N–H and O–H groups in total. The molecule has 1 aromatic carbocycles. The van der Waals surface area contributed by atoms with Crippen LogP contribution in [0.15, 0.2) is 18.2 Å². The summed E-state index contributed by atoms with van der Waals surface area (Å²) in [7, 11) is 1.63. The third kappa shape index (κ3) is 2.72. The summed E-state index contributed by atoms with van der Waals surface area (Å²) in [6.07, 6.45) is 1.32. The molecule has 2 rings (SSSR count). The maximum Gasteiger partial charge on any atom is 0.129 e. The van der Waals surface area contributed by atoms with E-state index in [1.165, 1.54) is 0 Å². The maximum atomic E-state index is 10.1. The number of ether oxygens (including phenoxy) is 2. The van der Waals surface area contributed by atoms with Gasteiger partial charge in [0.05, 0.1) is 13.2 Å². The zero-order chi connectivity index (χ0) is 12.4. The van der Waals surface area contributed by atoms with Crippen molar-refractivity contribution in [2.24, 2.45) is 5.92 Å². The highest BCUT2D eigenvalue weighted by Crippen LogP contribution is 2.38. The highest BCUT2D eigenvalue weighted by atomic mass is 16.5. The second-order valence-corrected chi connectivity index (χ2v) is 5.02. The van der Waals surface area contributed by atoms with Crippen molar-refractivity contribution in [3.63, 3.8) is 0 Å². The predicted molar refractivity (Wildman–Crippen MR) is 66.4 cm³/mol. The van der Waals surface area contributed by atoms with E-state index in [0.29, 0.717) is 12.3 Å². The molecule has 1 aliphatic heterocycles. The molecule has 1 heterocycles. The smallest absolute Gasteiger partial charge is 0.129 e. The Hall–Kier alpha value is -1.22. The quantitative estimate of drug-likeness (QED) is 0.877. The van der Waals surface area contributed by atoms with E-state index >= 15 is 0 Å². The van der Waals surface area contributed by atoms with Crippen LogP contribution in [-0.2, 0) is 0 Å². The third-order valence-electron chi connectivity index (χ3n) is 3.09. The molecular weight excluding hydrogens is 216 g/mol. The molecule has 1 aliphatic rings. The fourth-order valence-electron chi connectivity index (χ4n) is 2.29. The summed E-state index contributed by atoms with van der Waals surface area (Å²) in [6, 6.07) is 5.59. The number of hydrogen-bond donors (Lipinski definition) is 1. The molecule has 94 valence electrons. The van der Waals surface area contributed by atoms with Crippen molar-refractivity contribution < 1.29 is 14.6 Å². The van der Waals surface area contributed by atoms with Crippen LogP contribution in [0, 0.1) is 5.92 Å². The minimum absolute atomic E-state index is 0.101. The number of benzene rings is 1. The number of methoxy groups -OCH3 is 1. The fraction of sp³-hybridized carbons (Fsp3) is 0.571. The predicted octanol–water partition coefficient (Wildman–Crippen LogP) is 2.93. The molecule has 0 amide bonds. The molecule has 0 radical (unpaired) electrons. The van der Waals surface area contributed by atoms with Crippen molar-refractivity contribution in [2.45, 2.75) is 38.9 Å².